The lowest BCUT2D eigenvalue weighted by Crippen LogP contribution is -1.93. The van der Waals surface area contributed by atoms with Crippen LogP contribution in [0.25, 0.3) is 10.8 Å². The number of phenols is 1. The van der Waals surface area contributed by atoms with Crippen molar-refractivity contribution in [2.24, 2.45) is 0 Å². The molecule has 3 heteroatoms. The van der Waals surface area contributed by atoms with Gasteiger partial charge in [-0.25, -0.2) is 4.98 Å². The quantitative estimate of drug-likeness (QED) is 0.721. The molecule has 0 spiro atoms. The van der Waals surface area contributed by atoms with Crippen molar-refractivity contribution in [3.8, 4) is 5.75 Å². The standard InChI is InChI=1S/C11H12N2O/c1-7-5-9-8(6-10(7)14)3-4-13-11(9)12-2/h3-6,14H,1-2H3,(H,12,13). The molecule has 72 valence electrons. The van der Waals surface area contributed by atoms with Gasteiger partial charge in [0.05, 0.1) is 0 Å². The van der Waals surface area contributed by atoms with E-state index in [-0.39, 0.29) is 0 Å². The number of fused-ring (bicyclic) bond motifs is 1. The number of aromatic nitrogens is 1. The van der Waals surface area contributed by atoms with Crippen LogP contribution in [0.4, 0.5) is 5.82 Å². The molecule has 2 aromatic rings. The van der Waals surface area contributed by atoms with E-state index in [1.807, 2.05) is 26.1 Å². The Morgan fingerprint density at radius 3 is 2.86 bits per heavy atom. The highest BCUT2D eigenvalue weighted by molar-refractivity contribution is 5.93. The fraction of sp³-hybridized carbons (Fsp3) is 0.182. The Hall–Kier alpha value is -1.77. The lowest BCUT2D eigenvalue weighted by atomic mass is 10.1. The molecule has 0 atom stereocenters. The maximum atomic E-state index is 9.54. The molecule has 2 rings (SSSR count). The molecule has 0 aliphatic rings. The summed E-state index contributed by atoms with van der Waals surface area (Å²) in [5.41, 5.74) is 0.863. The van der Waals surface area contributed by atoms with Crippen LogP contribution in [0, 0.1) is 6.92 Å². The summed E-state index contributed by atoms with van der Waals surface area (Å²) in [7, 11) is 1.84. The van der Waals surface area contributed by atoms with E-state index >= 15 is 0 Å². The largest absolute Gasteiger partial charge is 0.508 e. The highest BCUT2D eigenvalue weighted by Crippen LogP contribution is 2.27. The first-order valence-corrected chi connectivity index (χ1v) is 4.48. The molecule has 14 heavy (non-hydrogen) atoms. The number of nitrogens with zero attached hydrogens (tertiary/aromatic N) is 1. The number of nitrogens with one attached hydrogen (secondary N) is 1. The molecule has 0 radical (unpaired) electrons. The van der Waals surface area contributed by atoms with Crippen LogP contribution in [0.15, 0.2) is 24.4 Å². The molecule has 0 saturated heterocycles. The second-order valence-corrected chi connectivity index (χ2v) is 3.27. The molecule has 1 heterocycles. The van der Waals surface area contributed by atoms with Crippen molar-refractivity contribution in [3.63, 3.8) is 0 Å². The van der Waals surface area contributed by atoms with Crippen molar-refractivity contribution in [2.45, 2.75) is 6.92 Å². The molecular weight excluding hydrogens is 176 g/mol. The predicted octanol–water partition coefficient (Wildman–Crippen LogP) is 2.29. The van der Waals surface area contributed by atoms with E-state index in [0.717, 1.165) is 22.2 Å². The van der Waals surface area contributed by atoms with Crippen LogP contribution in [0.5, 0.6) is 5.75 Å². The Kier molecular flexibility index (Phi) is 2.00. The van der Waals surface area contributed by atoms with Crippen molar-refractivity contribution < 1.29 is 5.11 Å². The van der Waals surface area contributed by atoms with E-state index in [0.29, 0.717) is 5.75 Å². The maximum absolute atomic E-state index is 9.54. The van der Waals surface area contributed by atoms with E-state index in [4.69, 9.17) is 0 Å². The smallest absolute Gasteiger partial charge is 0.133 e. The van der Waals surface area contributed by atoms with E-state index in [1.165, 1.54) is 0 Å². The monoisotopic (exact) mass is 188 g/mol. The number of pyridine rings is 1. The van der Waals surface area contributed by atoms with Gasteiger partial charge in [0.1, 0.15) is 11.6 Å². The van der Waals surface area contributed by atoms with Gasteiger partial charge in [-0.1, -0.05) is 0 Å². The Balaban J connectivity index is 2.81. The summed E-state index contributed by atoms with van der Waals surface area (Å²) in [6, 6.07) is 5.58. The number of hydrogen-bond acceptors (Lipinski definition) is 3. The van der Waals surface area contributed by atoms with Gasteiger partial charge in [0.25, 0.3) is 0 Å². The van der Waals surface area contributed by atoms with Crippen LogP contribution >= 0.6 is 0 Å². The van der Waals surface area contributed by atoms with Gasteiger partial charge in [0, 0.05) is 18.6 Å². The van der Waals surface area contributed by atoms with Crippen LogP contribution in [0.2, 0.25) is 0 Å². The molecule has 0 fully saturated rings. The van der Waals surface area contributed by atoms with Crippen LogP contribution in [0.3, 0.4) is 0 Å². The van der Waals surface area contributed by atoms with E-state index in [1.54, 1.807) is 12.3 Å². The summed E-state index contributed by atoms with van der Waals surface area (Å²) in [5.74, 6) is 1.16. The van der Waals surface area contributed by atoms with Crippen LogP contribution in [-0.2, 0) is 0 Å². The van der Waals surface area contributed by atoms with Crippen LogP contribution < -0.4 is 5.32 Å². The highest BCUT2D eigenvalue weighted by Gasteiger charge is 2.03. The predicted molar refractivity (Wildman–Crippen MR) is 57.7 cm³/mol. The Morgan fingerprint density at radius 2 is 2.14 bits per heavy atom. The molecule has 0 bridgehead atoms. The zero-order valence-corrected chi connectivity index (χ0v) is 8.20. The molecule has 0 unspecified atom stereocenters. The molecular formula is C11H12N2O. The molecule has 1 aromatic heterocycles. The maximum Gasteiger partial charge on any atom is 0.133 e. The van der Waals surface area contributed by atoms with Gasteiger partial charge in [0.15, 0.2) is 0 Å². The van der Waals surface area contributed by atoms with Gasteiger partial charge >= 0.3 is 0 Å². The normalized spacial score (nSPS) is 10.4. The van der Waals surface area contributed by atoms with Gasteiger partial charge in [0.2, 0.25) is 0 Å². The molecule has 0 aliphatic carbocycles. The van der Waals surface area contributed by atoms with Crippen molar-refractivity contribution in [2.75, 3.05) is 12.4 Å². The van der Waals surface area contributed by atoms with Gasteiger partial charge < -0.3 is 10.4 Å². The van der Waals surface area contributed by atoms with E-state index < -0.39 is 0 Å². The Labute approximate surface area is 82.4 Å². The lowest BCUT2D eigenvalue weighted by Gasteiger charge is -2.06. The summed E-state index contributed by atoms with van der Waals surface area (Å²) in [6.45, 7) is 1.88. The molecule has 0 amide bonds. The average Bonchev–Trinajstić information content (AvgIpc) is 2.19. The van der Waals surface area contributed by atoms with Crippen molar-refractivity contribution in [3.05, 3.63) is 30.0 Å². The number of phenolic OH excluding ortho intramolecular Hbond substituents is 1. The van der Waals surface area contributed by atoms with Gasteiger partial charge in [-0.05, 0) is 36.1 Å². The third-order valence-electron chi connectivity index (χ3n) is 2.32. The Bertz CT molecular complexity index is 480. The van der Waals surface area contributed by atoms with Crippen molar-refractivity contribution in [1.82, 2.24) is 4.98 Å². The van der Waals surface area contributed by atoms with E-state index in [9.17, 15) is 5.11 Å². The summed E-state index contributed by atoms with van der Waals surface area (Å²) in [5, 5.41) is 14.6. The third kappa shape index (κ3) is 1.27. The van der Waals surface area contributed by atoms with Crippen LogP contribution in [-0.4, -0.2) is 17.1 Å². The van der Waals surface area contributed by atoms with Gasteiger partial charge in [-0.2, -0.15) is 0 Å². The van der Waals surface area contributed by atoms with Gasteiger partial charge in [-0.3, -0.25) is 0 Å². The molecule has 2 N–H and O–H groups in total. The third-order valence-corrected chi connectivity index (χ3v) is 2.32. The molecule has 0 saturated carbocycles. The van der Waals surface area contributed by atoms with Gasteiger partial charge in [-0.15, -0.1) is 0 Å². The second kappa shape index (κ2) is 3.18. The number of aromatic hydroxyl groups is 1. The zero-order chi connectivity index (χ0) is 10.1. The first-order chi connectivity index (χ1) is 6.72. The number of hydrogen-bond donors (Lipinski definition) is 2. The van der Waals surface area contributed by atoms with E-state index in [2.05, 4.69) is 10.3 Å². The lowest BCUT2D eigenvalue weighted by molar-refractivity contribution is 0.472. The van der Waals surface area contributed by atoms with Crippen molar-refractivity contribution >= 4 is 16.6 Å². The average molecular weight is 188 g/mol. The first-order valence-electron chi connectivity index (χ1n) is 4.48. The number of anilines is 1. The van der Waals surface area contributed by atoms with Crippen molar-refractivity contribution in [1.29, 1.82) is 0 Å². The number of benzene rings is 1. The number of aryl methyl sites for hydroxylation is 1. The van der Waals surface area contributed by atoms with Crippen LogP contribution in [0.1, 0.15) is 5.56 Å². The minimum absolute atomic E-state index is 0.325. The molecule has 1 aromatic carbocycles. The minimum atomic E-state index is 0.325. The fourth-order valence-corrected chi connectivity index (χ4v) is 1.52. The topological polar surface area (TPSA) is 45.2 Å². The summed E-state index contributed by atoms with van der Waals surface area (Å²) in [6.07, 6.45) is 1.73. The molecule has 3 nitrogen and oxygen atoms in total. The SMILES string of the molecule is CNc1nccc2cc(O)c(C)cc12. The second-order valence-electron chi connectivity index (χ2n) is 3.27. The first kappa shape index (κ1) is 8.81. The molecule has 0 aliphatic heterocycles. The fourth-order valence-electron chi connectivity index (χ4n) is 1.52. The number of rotatable bonds is 1. The zero-order valence-electron chi connectivity index (χ0n) is 8.20. The summed E-state index contributed by atoms with van der Waals surface area (Å²) < 4.78 is 0. The summed E-state index contributed by atoms with van der Waals surface area (Å²) in [4.78, 5) is 4.20. The Morgan fingerprint density at radius 1 is 1.36 bits per heavy atom. The highest BCUT2D eigenvalue weighted by atomic mass is 16.3. The summed E-state index contributed by atoms with van der Waals surface area (Å²) >= 11 is 0. The minimum Gasteiger partial charge on any atom is -0.508 e.